The van der Waals surface area contributed by atoms with Crippen molar-refractivity contribution in [2.45, 2.75) is 25.8 Å². The largest absolute Gasteiger partial charge is 0.483 e. The standard InChI is InChI=1S/C21H25N5OS.CH2O2/c22-19(27)17-8-4-10-25(15-17)11-5-12-26-13-9-23-20(26)18-14-24-21(28-18)16-6-2-1-3-7-16;2-1-3/h1-3,6-7,9,13-14,17H,4-5,8,10-12,15H2,(H2,22,27);1H,(H,2,3). The van der Waals surface area contributed by atoms with E-state index in [1.54, 1.807) is 11.3 Å². The number of rotatable bonds is 7. The summed E-state index contributed by atoms with van der Waals surface area (Å²) >= 11 is 1.67. The molecule has 1 atom stereocenters. The van der Waals surface area contributed by atoms with Gasteiger partial charge in [0.2, 0.25) is 5.91 Å². The van der Waals surface area contributed by atoms with Crippen LogP contribution in [0.4, 0.5) is 0 Å². The highest BCUT2D eigenvalue weighted by Gasteiger charge is 2.23. The molecule has 4 rings (SSSR count). The summed E-state index contributed by atoms with van der Waals surface area (Å²) in [6, 6.07) is 10.2. The van der Waals surface area contributed by atoms with Gasteiger partial charge >= 0.3 is 0 Å². The summed E-state index contributed by atoms with van der Waals surface area (Å²) < 4.78 is 2.19. The van der Waals surface area contributed by atoms with E-state index in [4.69, 9.17) is 15.6 Å². The quantitative estimate of drug-likeness (QED) is 0.545. The minimum absolute atomic E-state index is 0.00570. The van der Waals surface area contributed by atoms with E-state index < -0.39 is 0 Å². The number of aromatic nitrogens is 3. The van der Waals surface area contributed by atoms with Gasteiger partial charge in [0, 0.05) is 37.2 Å². The number of nitrogens with two attached hydrogens (primary N) is 1. The predicted molar refractivity (Wildman–Crippen MR) is 120 cm³/mol. The minimum Gasteiger partial charge on any atom is -0.483 e. The van der Waals surface area contributed by atoms with E-state index in [0.717, 1.165) is 66.7 Å². The number of carboxylic acid groups (broad SMARTS) is 1. The number of hydrogen-bond acceptors (Lipinski definition) is 6. The van der Waals surface area contributed by atoms with Gasteiger partial charge in [-0.1, -0.05) is 30.3 Å². The summed E-state index contributed by atoms with van der Waals surface area (Å²) in [6.07, 6.45) is 8.77. The molecule has 0 radical (unpaired) electrons. The fourth-order valence-electron chi connectivity index (χ4n) is 3.76. The van der Waals surface area contributed by atoms with Crippen LogP contribution in [0.2, 0.25) is 0 Å². The average Bonchev–Trinajstić information content (AvgIpc) is 3.45. The van der Waals surface area contributed by atoms with Crippen molar-refractivity contribution in [3.8, 4) is 21.3 Å². The van der Waals surface area contributed by atoms with E-state index in [-0.39, 0.29) is 18.3 Å². The van der Waals surface area contributed by atoms with Crippen LogP contribution >= 0.6 is 11.3 Å². The molecule has 0 bridgehead atoms. The predicted octanol–water partition coefficient (Wildman–Crippen LogP) is 2.96. The Kier molecular flexibility index (Phi) is 8.31. The van der Waals surface area contributed by atoms with Gasteiger partial charge in [-0.3, -0.25) is 9.59 Å². The van der Waals surface area contributed by atoms with Gasteiger partial charge in [-0.25, -0.2) is 9.97 Å². The lowest BCUT2D eigenvalue weighted by atomic mass is 9.97. The molecule has 2 aromatic heterocycles. The molecular weight excluding hydrogens is 414 g/mol. The molecule has 1 unspecified atom stereocenters. The van der Waals surface area contributed by atoms with Crippen molar-refractivity contribution in [2.75, 3.05) is 19.6 Å². The van der Waals surface area contributed by atoms with E-state index in [1.165, 1.54) is 0 Å². The zero-order chi connectivity index (χ0) is 22.1. The number of carbonyl (C=O) groups excluding carboxylic acids is 1. The number of benzene rings is 1. The highest BCUT2D eigenvalue weighted by atomic mass is 32.1. The van der Waals surface area contributed by atoms with Crippen LogP contribution in [0.3, 0.4) is 0 Å². The van der Waals surface area contributed by atoms with Crippen molar-refractivity contribution in [1.82, 2.24) is 19.4 Å². The van der Waals surface area contributed by atoms with Crippen LogP contribution in [-0.4, -0.2) is 56.6 Å². The monoisotopic (exact) mass is 441 g/mol. The molecule has 0 aliphatic carbocycles. The van der Waals surface area contributed by atoms with Crippen LogP contribution in [0.5, 0.6) is 0 Å². The molecule has 1 aromatic carbocycles. The number of carbonyl (C=O) groups is 2. The zero-order valence-electron chi connectivity index (χ0n) is 17.3. The summed E-state index contributed by atoms with van der Waals surface area (Å²) in [4.78, 5) is 32.4. The first-order valence-corrected chi connectivity index (χ1v) is 11.1. The number of thiazole rings is 1. The highest BCUT2D eigenvalue weighted by molar-refractivity contribution is 7.18. The van der Waals surface area contributed by atoms with Crippen molar-refractivity contribution in [1.29, 1.82) is 0 Å². The number of hydrogen-bond donors (Lipinski definition) is 2. The maximum absolute atomic E-state index is 11.4. The topological polar surface area (TPSA) is 114 Å². The van der Waals surface area contributed by atoms with Crippen LogP contribution in [0.15, 0.2) is 48.9 Å². The second-order valence-electron chi connectivity index (χ2n) is 7.34. The van der Waals surface area contributed by atoms with Crippen LogP contribution in [-0.2, 0) is 16.1 Å². The van der Waals surface area contributed by atoms with Gasteiger partial charge in [0.1, 0.15) is 5.01 Å². The molecule has 3 aromatic rings. The molecule has 0 saturated carbocycles. The van der Waals surface area contributed by atoms with Crippen molar-refractivity contribution >= 4 is 23.7 Å². The third-order valence-electron chi connectivity index (χ3n) is 5.24. The van der Waals surface area contributed by atoms with Gasteiger partial charge in [-0.2, -0.15) is 0 Å². The lowest BCUT2D eigenvalue weighted by Gasteiger charge is -2.31. The van der Waals surface area contributed by atoms with Gasteiger partial charge in [-0.15, -0.1) is 11.3 Å². The number of imidazole rings is 1. The molecule has 1 amide bonds. The smallest absolute Gasteiger partial charge is 0.290 e. The summed E-state index contributed by atoms with van der Waals surface area (Å²) in [5.41, 5.74) is 6.61. The third-order valence-corrected chi connectivity index (χ3v) is 6.29. The molecule has 9 heteroatoms. The second-order valence-corrected chi connectivity index (χ2v) is 8.37. The number of nitrogens with zero attached hydrogens (tertiary/aromatic N) is 4. The normalized spacial score (nSPS) is 16.3. The molecular formula is C22H27N5O3S. The van der Waals surface area contributed by atoms with Crippen molar-refractivity contribution in [3.05, 3.63) is 48.9 Å². The van der Waals surface area contributed by atoms with Gasteiger partial charge in [0.15, 0.2) is 5.82 Å². The Bertz CT molecular complexity index is 972. The Morgan fingerprint density at radius 1 is 1.26 bits per heavy atom. The first kappa shape index (κ1) is 22.6. The Morgan fingerprint density at radius 2 is 2.03 bits per heavy atom. The summed E-state index contributed by atoms with van der Waals surface area (Å²) in [7, 11) is 0. The van der Waals surface area contributed by atoms with E-state index in [1.807, 2.05) is 36.8 Å². The molecule has 1 aliphatic heterocycles. The molecule has 8 nitrogen and oxygen atoms in total. The van der Waals surface area contributed by atoms with Gasteiger partial charge in [-0.05, 0) is 32.4 Å². The lowest BCUT2D eigenvalue weighted by molar-refractivity contribution is -0.124. The molecule has 164 valence electrons. The minimum atomic E-state index is -0.250. The number of amides is 1. The first-order chi connectivity index (χ1) is 15.1. The summed E-state index contributed by atoms with van der Waals surface area (Å²) in [6.45, 7) is 3.46. The van der Waals surface area contributed by atoms with E-state index in [2.05, 4.69) is 31.6 Å². The SMILES string of the molecule is NC(=O)C1CCCN(CCCn2ccnc2-c2cnc(-c3ccccc3)s2)C1.O=CO. The molecule has 1 aliphatic rings. The second kappa shape index (κ2) is 11.4. The number of primary amides is 1. The molecule has 3 N–H and O–H groups in total. The summed E-state index contributed by atoms with van der Waals surface area (Å²) in [5.74, 6) is 0.806. The Hall–Kier alpha value is -3.04. The average molecular weight is 442 g/mol. The molecule has 0 spiro atoms. The van der Waals surface area contributed by atoms with Gasteiger partial charge in [0.25, 0.3) is 6.47 Å². The maximum atomic E-state index is 11.4. The van der Waals surface area contributed by atoms with E-state index in [9.17, 15) is 4.79 Å². The number of piperidine rings is 1. The fourth-order valence-corrected chi connectivity index (χ4v) is 4.70. The number of aryl methyl sites for hydroxylation is 1. The zero-order valence-corrected chi connectivity index (χ0v) is 18.1. The molecule has 1 fully saturated rings. The Labute approximate surface area is 185 Å². The fraction of sp³-hybridized carbons (Fsp3) is 0.364. The van der Waals surface area contributed by atoms with Gasteiger partial charge < -0.3 is 20.3 Å². The Balaban J connectivity index is 0.000000858. The van der Waals surface area contributed by atoms with Crippen LogP contribution < -0.4 is 5.73 Å². The van der Waals surface area contributed by atoms with Crippen molar-refractivity contribution < 1.29 is 14.7 Å². The molecule has 31 heavy (non-hydrogen) atoms. The first-order valence-electron chi connectivity index (χ1n) is 10.2. The van der Waals surface area contributed by atoms with Crippen molar-refractivity contribution in [3.63, 3.8) is 0 Å². The Morgan fingerprint density at radius 3 is 2.77 bits per heavy atom. The summed E-state index contributed by atoms with van der Waals surface area (Å²) in [5, 5.41) is 7.90. The van der Waals surface area contributed by atoms with Crippen LogP contribution in [0.25, 0.3) is 21.3 Å². The maximum Gasteiger partial charge on any atom is 0.290 e. The van der Waals surface area contributed by atoms with Gasteiger partial charge in [0.05, 0.1) is 10.8 Å². The molecule has 3 heterocycles. The van der Waals surface area contributed by atoms with Crippen LogP contribution in [0, 0.1) is 5.92 Å². The molecule has 1 saturated heterocycles. The highest BCUT2D eigenvalue weighted by Crippen LogP contribution is 2.31. The third kappa shape index (κ3) is 6.22. The van der Waals surface area contributed by atoms with Crippen molar-refractivity contribution in [2.24, 2.45) is 11.7 Å². The number of likely N-dealkylation sites (tertiary alicyclic amines) is 1. The van der Waals surface area contributed by atoms with Crippen LogP contribution in [0.1, 0.15) is 19.3 Å². The van der Waals surface area contributed by atoms with E-state index in [0.29, 0.717) is 0 Å². The van der Waals surface area contributed by atoms with E-state index >= 15 is 0 Å². The lowest BCUT2D eigenvalue weighted by Crippen LogP contribution is -2.41.